The number of benzene rings is 3. The van der Waals surface area contributed by atoms with Crippen LogP contribution >= 0.6 is 11.8 Å². The van der Waals surface area contributed by atoms with Crippen LogP contribution in [0.5, 0.6) is 11.5 Å². The summed E-state index contributed by atoms with van der Waals surface area (Å²) in [5, 5.41) is 11.7. The molecule has 36 heavy (non-hydrogen) atoms. The van der Waals surface area contributed by atoms with Gasteiger partial charge >= 0.3 is 0 Å². The van der Waals surface area contributed by atoms with E-state index in [9.17, 15) is 9.18 Å². The molecule has 0 fully saturated rings. The molecule has 1 amide bonds. The van der Waals surface area contributed by atoms with Crippen molar-refractivity contribution in [1.29, 1.82) is 0 Å². The van der Waals surface area contributed by atoms with Gasteiger partial charge < -0.3 is 19.4 Å². The Hall–Kier alpha value is -3.85. The third-order valence-corrected chi connectivity index (χ3v) is 6.93. The molecule has 0 saturated carbocycles. The first-order valence-corrected chi connectivity index (χ1v) is 12.5. The zero-order valence-corrected chi connectivity index (χ0v) is 20.5. The van der Waals surface area contributed by atoms with Crippen molar-refractivity contribution in [2.45, 2.75) is 36.8 Å². The highest BCUT2D eigenvalue weighted by Gasteiger charge is 2.22. The lowest BCUT2D eigenvalue weighted by Crippen LogP contribution is -2.30. The van der Waals surface area contributed by atoms with Gasteiger partial charge in [-0.15, -0.1) is 10.2 Å². The first kappa shape index (κ1) is 23.9. The molecular weight excluding hydrogens is 479 g/mol. The number of hydrogen-bond acceptors (Lipinski definition) is 6. The molecule has 7 nitrogen and oxygen atoms in total. The van der Waals surface area contributed by atoms with Crippen LogP contribution in [0.1, 0.15) is 18.1 Å². The smallest absolute Gasteiger partial charge is 0.233 e. The highest BCUT2D eigenvalue weighted by molar-refractivity contribution is 8.00. The minimum atomic E-state index is -0.438. The Morgan fingerprint density at radius 1 is 1.03 bits per heavy atom. The fourth-order valence-electron chi connectivity index (χ4n) is 3.90. The Labute approximate surface area is 212 Å². The van der Waals surface area contributed by atoms with Gasteiger partial charge in [0.1, 0.15) is 5.82 Å². The monoisotopic (exact) mass is 504 g/mol. The number of thioether (sulfide) groups is 1. The quantitative estimate of drug-likeness (QED) is 0.328. The Bertz CT molecular complexity index is 1360. The van der Waals surface area contributed by atoms with Crippen LogP contribution in [-0.4, -0.2) is 32.7 Å². The number of aromatic nitrogens is 3. The van der Waals surface area contributed by atoms with Crippen molar-refractivity contribution < 1.29 is 18.7 Å². The van der Waals surface area contributed by atoms with E-state index < -0.39 is 5.25 Å². The second-order valence-corrected chi connectivity index (χ2v) is 9.65. The van der Waals surface area contributed by atoms with Gasteiger partial charge in [0.15, 0.2) is 22.5 Å². The number of nitrogens with zero attached hydrogens (tertiary/aromatic N) is 3. The molecule has 1 aromatic heterocycles. The summed E-state index contributed by atoms with van der Waals surface area (Å²) in [6, 6.07) is 22.1. The average molecular weight is 505 g/mol. The van der Waals surface area contributed by atoms with Gasteiger partial charge in [-0.3, -0.25) is 4.79 Å². The van der Waals surface area contributed by atoms with Gasteiger partial charge in [0, 0.05) is 13.1 Å². The molecule has 0 unspecified atom stereocenters. The number of carbonyl (C=O) groups excluding carboxylic acids is 1. The van der Waals surface area contributed by atoms with Crippen LogP contribution in [0.25, 0.3) is 11.4 Å². The Kier molecular flexibility index (Phi) is 7.18. The Morgan fingerprint density at radius 2 is 1.81 bits per heavy atom. The average Bonchev–Trinajstić information content (AvgIpc) is 3.53. The van der Waals surface area contributed by atoms with Crippen LogP contribution in [0.15, 0.2) is 78.0 Å². The second-order valence-electron chi connectivity index (χ2n) is 8.34. The van der Waals surface area contributed by atoms with Gasteiger partial charge in [-0.05, 0) is 48.7 Å². The fraction of sp³-hybridized carbons (Fsp3) is 0.222. The van der Waals surface area contributed by atoms with Crippen LogP contribution in [0.4, 0.5) is 4.39 Å². The summed E-state index contributed by atoms with van der Waals surface area (Å²) in [5.41, 5.74) is 2.44. The largest absolute Gasteiger partial charge is 0.454 e. The minimum absolute atomic E-state index is 0.136. The molecule has 1 N–H and O–H groups in total. The normalized spacial score (nSPS) is 12.9. The molecule has 3 aromatic carbocycles. The molecule has 9 heteroatoms. The second kappa shape index (κ2) is 10.8. The number of amides is 1. The number of ether oxygens (including phenoxy) is 2. The van der Waals surface area contributed by atoms with Crippen molar-refractivity contribution in [2.75, 3.05) is 6.79 Å². The zero-order valence-electron chi connectivity index (χ0n) is 19.7. The standard InChI is InChI=1S/C27H25FN4O3S/c1-18(26(33)29-16-20-11-12-23-24(15-20)35-17-34-23)36-27-31-30-25(21-9-5-6-10-22(21)28)32(27)14-13-19-7-3-2-4-8-19/h2-12,15,18H,13-14,16-17H2,1H3,(H,29,33)/t18-/m0/s1. The number of fused-ring (bicyclic) bond motifs is 1. The molecule has 0 aliphatic carbocycles. The van der Waals surface area contributed by atoms with E-state index in [1.54, 1.807) is 18.2 Å². The lowest BCUT2D eigenvalue weighted by molar-refractivity contribution is -0.120. The molecule has 1 aliphatic rings. The van der Waals surface area contributed by atoms with E-state index in [-0.39, 0.29) is 18.5 Å². The molecule has 4 aromatic rings. The van der Waals surface area contributed by atoms with Crippen LogP contribution in [0, 0.1) is 5.82 Å². The summed E-state index contributed by atoms with van der Waals surface area (Å²) in [7, 11) is 0. The molecule has 0 saturated heterocycles. The van der Waals surface area contributed by atoms with Crippen molar-refractivity contribution in [3.8, 4) is 22.9 Å². The molecular formula is C27H25FN4O3S. The predicted octanol–water partition coefficient (Wildman–Crippen LogP) is 4.85. The fourth-order valence-corrected chi connectivity index (χ4v) is 4.80. The van der Waals surface area contributed by atoms with E-state index in [2.05, 4.69) is 15.5 Å². The number of halogens is 1. The third-order valence-electron chi connectivity index (χ3n) is 5.85. The number of nitrogens with one attached hydrogen (secondary N) is 1. The summed E-state index contributed by atoms with van der Waals surface area (Å²) < 4.78 is 27.2. The summed E-state index contributed by atoms with van der Waals surface area (Å²) in [5.74, 6) is 1.32. The van der Waals surface area contributed by atoms with Crippen molar-refractivity contribution in [3.63, 3.8) is 0 Å². The van der Waals surface area contributed by atoms with Crippen molar-refractivity contribution in [1.82, 2.24) is 20.1 Å². The van der Waals surface area contributed by atoms with Crippen LogP contribution in [0.2, 0.25) is 0 Å². The van der Waals surface area contributed by atoms with Crippen molar-refractivity contribution in [2.24, 2.45) is 0 Å². The van der Waals surface area contributed by atoms with E-state index in [4.69, 9.17) is 9.47 Å². The lowest BCUT2D eigenvalue weighted by atomic mass is 10.1. The summed E-state index contributed by atoms with van der Waals surface area (Å²) in [6.45, 7) is 2.94. The Balaban J connectivity index is 1.30. The zero-order chi connectivity index (χ0) is 24.9. The van der Waals surface area contributed by atoms with Gasteiger partial charge in [-0.25, -0.2) is 4.39 Å². The highest BCUT2D eigenvalue weighted by Crippen LogP contribution is 2.33. The predicted molar refractivity (Wildman–Crippen MR) is 135 cm³/mol. The highest BCUT2D eigenvalue weighted by atomic mass is 32.2. The maximum atomic E-state index is 14.6. The van der Waals surface area contributed by atoms with Gasteiger partial charge in [-0.2, -0.15) is 0 Å². The number of hydrogen-bond donors (Lipinski definition) is 1. The summed E-state index contributed by atoms with van der Waals surface area (Å²) in [6.07, 6.45) is 0.721. The van der Waals surface area contributed by atoms with Crippen LogP contribution in [0.3, 0.4) is 0 Å². The summed E-state index contributed by atoms with van der Waals surface area (Å²) >= 11 is 1.30. The lowest BCUT2D eigenvalue weighted by Gasteiger charge is -2.14. The molecule has 5 rings (SSSR count). The molecule has 0 spiro atoms. The third kappa shape index (κ3) is 5.36. The first-order valence-electron chi connectivity index (χ1n) is 11.6. The Morgan fingerprint density at radius 3 is 2.64 bits per heavy atom. The molecule has 184 valence electrons. The van der Waals surface area contributed by atoms with E-state index in [0.717, 1.165) is 17.5 Å². The molecule has 0 radical (unpaired) electrons. The molecule has 2 heterocycles. The van der Waals surface area contributed by atoms with Crippen molar-refractivity contribution >= 4 is 17.7 Å². The van der Waals surface area contributed by atoms with E-state index >= 15 is 0 Å². The van der Waals surface area contributed by atoms with Gasteiger partial charge in [-0.1, -0.05) is 60.3 Å². The summed E-state index contributed by atoms with van der Waals surface area (Å²) in [4.78, 5) is 12.9. The van der Waals surface area contributed by atoms with E-state index in [1.807, 2.05) is 60.0 Å². The van der Waals surface area contributed by atoms with Crippen LogP contribution in [-0.2, 0) is 24.3 Å². The van der Waals surface area contributed by atoms with E-state index in [0.29, 0.717) is 41.1 Å². The SMILES string of the molecule is C[C@H](Sc1nnc(-c2ccccc2F)n1CCc1ccccc1)C(=O)NCc1ccc2c(c1)OCO2. The van der Waals surface area contributed by atoms with Crippen LogP contribution < -0.4 is 14.8 Å². The number of aryl methyl sites for hydroxylation is 1. The van der Waals surface area contributed by atoms with E-state index in [1.165, 1.54) is 17.8 Å². The maximum Gasteiger partial charge on any atom is 0.233 e. The van der Waals surface area contributed by atoms with Crippen molar-refractivity contribution in [3.05, 3.63) is 89.7 Å². The van der Waals surface area contributed by atoms with Gasteiger partial charge in [0.2, 0.25) is 12.7 Å². The molecule has 0 bridgehead atoms. The first-order chi connectivity index (χ1) is 17.6. The number of carbonyl (C=O) groups is 1. The minimum Gasteiger partial charge on any atom is -0.454 e. The number of rotatable bonds is 9. The topological polar surface area (TPSA) is 78.3 Å². The maximum absolute atomic E-state index is 14.6. The molecule has 1 atom stereocenters. The van der Waals surface area contributed by atoms with Gasteiger partial charge in [0.25, 0.3) is 0 Å². The molecule has 1 aliphatic heterocycles. The van der Waals surface area contributed by atoms with Gasteiger partial charge in [0.05, 0.1) is 10.8 Å².